The first-order chi connectivity index (χ1) is 5.90. The van der Waals surface area contributed by atoms with Crippen molar-refractivity contribution in [1.29, 1.82) is 0 Å². The summed E-state index contributed by atoms with van der Waals surface area (Å²) in [5, 5.41) is 3.20. The zero-order chi connectivity index (χ0) is 8.39. The first kappa shape index (κ1) is 14.0. The van der Waals surface area contributed by atoms with E-state index in [1.54, 1.807) is 11.3 Å². The number of anilines is 1. The van der Waals surface area contributed by atoms with Crippen LogP contribution in [0, 0.1) is 0 Å². The molecule has 0 radical (unpaired) electrons. The second-order valence-electron chi connectivity index (χ2n) is 3.02. The van der Waals surface area contributed by atoms with Crippen LogP contribution in [0.2, 0.25) is 0 Å². The summed E-state index contributed by atoms with van der Waals surface area (Å²) in [5.74, 6) is 0. The Morgan fingerprint density at radius 1 is 1.36 bits per heavy atom. The van der Waals surface area contributed by atoms with Crippen molar-refractivity contribution in [1.82, 2.24) is 4.98 Å². The van der Waals surface area contributed by atoms with Gasteiger partial charge in [-0.25, -0.2) is 4.98 Å². The molecule has 2 N–H and O–H groups in total. The van der Waals surface area contributed by atoms with Gasteiger partial charge < -0.3 is 10.6 Å². The molecule has 2 rings (SSSR count). The zero-order valence-corrected chi connectivity index (χ0v) is 10.3. The van der Waals surface area contributed by atoms with E-state index in [9.17, 15) is 0 Å². The number of rotatable bonds is 2. The fourth-order valence-electron chi connectivity index (χ4n) is 1.44. The van der Waals surface area contributed by atoms with E-state index in [4.69, 9.17) is 5.73 Å². The molecule has 82 valence electrons. The summed E-state index contributed by atoms with van der Waals surface area (Å²) in [6, 6.07) is 0. The standard InChI is InChI=1S/C8H13N3S.2ClH/c9-5-7-6-12-8(10-7)11-3-1-2-4-11;;/h6H,1-5,9H2;2*1H. The molecule has 1 aliphatic heterocycles. The Labute approximate surface area is 101 Å². The molecule has 1 aliphatic rings. The minimum absolute atomic E-state index is 0. The maximum Gasteiger partial charge on any atom is 0.185 e. The summed E-state index contributed by atoms with van der Waals surface area (Å²) < 4.78 is 0. The van der Waals surface area contributed by atoms with E-state index < -0.39 is 0 Å². The van der Waals surface area contributed by atoms with Crippen LogP contribution in [0.4, 0.5) is 5.13 Å². The van der Waals surface area contributed by atoms with Gasteiger partial charge in [0.15, 0.2) is 5.13 Å². The minimum Gasteiger partial charge on any atom is -0.348 e. The number of hydrogen-bond acceptors (Lipinski definition) is 4. The normalized spacial score (nSPS) is 14.8. The fourth-order valence-corrected chi connectivity index (χ4v) is 2.34. The SMILES string of the molecule is Cl.Cl.NCc1csc(N2CCCC2)n1. The van der Waals surface area contributed by atoms with E-state index in [0.717, 1.165) is 23.9 Å². The summed E-state index contributed by atoms with van der Waals surface area (Å²) in [4.78, 5) is 6.77. The monoisotopic (exact) mass is 255 g/mol. The molecule has 1 aromatic rings. The van der Waals surface area contributed by atoms with Crippen molar-refractivity contribution in [3.8, 4) is 0 Å². The fraction of sp³-hybridized carbons (Fsp3) is 0.625. The van der Waals surface area contributed by atoms with Crippen molar-refractivity contribution in [3.63, 3.8) is 0 Å². The van der Waals surface area contributed by atoms with Crippen molar-refractivity contribution < 1.29 is 0 Å². The van der Waals surface area contributed by atoms with Crippen LogP contribution in [0.5, 0.6) is 0 Å². The summed E-state index contributed by atoms with van der Waals surface area (Å²) in [6.45, 7) is 2.89. The highest BCUT2D eigenvalue weighted by Gasteiger charge is 2.14. The van der Waals surface area contributed by atoms with Crippen molar-refractivity contribution in [2.45, 2.75) is 19.4 Å². The molecule has 14 heavy (non-hydrogen) atoms. The second-order valence-corrected chi connectivity index (χ2v) is 3.86. The van der Waals surface area contributed by atoms with Gasteiger partial charge in [-0.15, -0.1) is 36.2 Å². The van der Waals surface area contributed by atoms with E-state index in [1.807, 2.05) is 5.38 Å². The highest BCUT2D eigenvalue weighted by atomic mass is 35.5. The molecular formula is C8H15Cl2N3S. The van der Waals surface area contributed by atoms with Crippen LogP contribution in [-0.4, -0.2) is 18.1 Å². The molecule has 0 unspecified atom stereocenters. The number of hydrogen-bond donors (Lipinski definition) is 1. The molecule has 0 spiro atoms. The Bertz CT molecular complexity index is 261. The van der Waals surface area contributed by atoms with Gasteiger partial charge in [0.1, 0.15) is 0 Å². The first-order valence-electron chi connectivity index (χ1n) is 4.29. The maximum atomic E-state index is 5.49. The third-order valence-electron chi connectivity index (χ3n) is 2.13. The number of nitrogens with two attached hydrogens (primary N) is 1. The van der Waals surface area contributed by atoms with E-state index in [0.29, 0.717) is 6.54 Å². The van der Waals surface area contributed by atoms with Crippen LogP contribution < -0.4 is 10.6 Å². The topological polar surface area (TPSA) is 42.1 Å². The summed E-state index contributed by atoms with van der Waals surface area (Å²) in [7, 11) is 0. The Morgan fingerprint density at radius 3 is 2.50 bits per heavy atom. The van der Waals surface area contributed by atoms with Gasteiger partial charge in [0.05, 0.1) is 5.69 Å². The predicted molar refractivity (Wildman–Crippen MR) is 65.9 cm³/mol. The van der Waals surface area contributed by atoms with Gasteiger partial charge in [0.2, 0.25) is 0 Å². The lowest BCUT2D eigenvalue weighted by Crippen LogP contribution is -2.17. The van der Waals surface area contributed by atoms with Crippen molar-refractivity contribution in [2.24, 2.45) is 5.73 Å². The molecule has 0 bridgehead atoms. The van der Waals surface area contributed by atoms with Crippen molar-refractivity contribution in [3.05, 3.63) is 11.1 Å². The molecule has 1 fully saturated rings. The lowest BCUT2D eigenvalue weighted by atomic mass is 10.4. The van der Waals surface area contributed by atoms with E-state index in [2.05, 4.69) is 9.88 Å². The van der Waals surface area contributed by atoms with Gasteiger partial charge in [-0.05, 0) is 12.8 Å². The number of halogens is 2. The second kappa shape index (κ2) is 6.45. The Hall–Kier alpha value is -0.0300. The molecular weight excluding hydrogens is 241 g/mol. The van der Waals surface area contributed by atoms with Crippen LogP contribution in [0.3, 0.4) is 0 Å². The number of aromatic nitrogens is 1. The molecule has 2 heterocycles. The maximum absolute atomic E-state index is 5.49. The lowest BCUT2D eigenvalue weighted by molar-refractivity contribution is 0.933. The van der Waals surface area contributed by atoms with Gasteiger partial charge >= 0.3 is 0 Å². The molecule has 0 aromatic carbocycles. The van der Waals surface area contributed by atoms with Gasteiger partial charge in [-0.3, -0.25) is 0 Å². The quantitative estimate of drug-likeness (QED) is 0.880. The Balaban J connectivity index is 0.000000845. The van der Waals surface area contributed by atoms with Crippen LogP contribution >= 0.6 is 36.2 Å². The zero-order valence-electron chi connectivity index (χ0n) is 7.81. The molecule has 0 saturated carbocycles. The largest absolute Gasteiger partial charge is 0.348 e. The van der Waals surface area contributed by atoms with Crippen molar-refractivity contribution in [2.75, 3.05) is 18.0 Å². The van der Waals surface area contributed by atoms with Gasteiger partial charge in [0.25, 0.3) is 0 Å². The average Bonchev–Trinajstić information content (AvgIpc) is 2.75. The highest BCUT2D eigenvalue weighted by molar-refractivity contribution is 7.13. The molecule has 3 nitrogen and oxygen atoms in total. The van der Waals surface area contributed by atoms with Gasteiger partial charge in [0, 0.05) is 25.0 Å². The third-order valence-corrected chi connectivity index (χ3v) is 3.08. The van der Waals surface area contributed by atoms with Crippen LogP contribution in [0.1, 0.15) is 18.5 Å². The van der Waals surface area contributed by atoms with Crippen molar-refractivity contribution >= 4 is 41.3 Å². The van der Waals surface area contributed by atoms with Crippen LogP contribution in [-0.2, 0) is 6.54 Å². The van der Waals surface area contributed by atoms with Crippen LogP contribution in [0.15, 0.2) is 5.38 Å². The van der Waals surface area contributed by atoms with Gasteiger partial charge in [-0.2, -0.15) is 0 Å². The average molecular weight is 256 g/mol. The predicted octanol–water partition coefficient (Wildman–Crippen LogP) is 2.05. The summed E-state index contributed by atoms with van der Waals surface area (Å²) in [5.41, 5.74) is 6.50. The molecule has 0 amide bonds. The Kier molecular flexibility index (Phi) is 6.44. The third kappa shape index (κ3) is 2.98. The van der Waals surface area contributed by atoms with Crippen LogP contribution in [0.25, 0.3) is 0 Å². The number of thiazole rings is 1. The molecule has 0 atom stereocenters. The highest BCUT2D eigenvalue weighted by Crippen LogP contribution is 2.23. The van der Waals surface area contributed by atoms with E-state index in [1.165, 1.54) is 12.8 Å². The molecule has 1 aromatic heterocycles. The molecule has 6 heteroatoms. The first-order valence-corrected chi connectivity index (χ1v) is 5.17. The van der Waals surface area contributed by atoms with Gasteiger partial charge in [-0.1, -0.05) is 0 Å². The summed E-state index contributed by atoms with van der Waals surface area (Å²) in [6.07, 6.45) is 2.61. The molecule has 0 aliphatic carbocycles. The van der Waals surface area contributed by atoms with E-state index in [-0.39, 0.29) is 24.8 Å². The minimum atomic E-state index is 0. The summed E-state index contributed by atoms with van der Waals surface area (Å²) >= 11 is 1.71. The van der Waals surface area contributed by atoms with E-state index >= 15 is 0 Å². The Morgan fingerprint density at radius 2 is 2.00 bits per heavy atom. The smallest absolute Gasteiger partial charge is 0.185 e. The molecule has 1 saturated heterocycles. The number of nitrogens with zero attached hydrogens (tertiary/aromatic N) is 2. The lowest BCUT2D eigenvalue weighted by Gasteiger charge is -2.11.